The molecule has 9 nitrogen and oxygen atoms in total. The van der Waals surface area contributed by atoms with Crippen molar-refractivity contribution < 1.29 is 19.6 Å². The molecule has 0 bridgehead atoms. The second-order valence-electron chi connectivity index (χ2n) is 6.65. The van der Waals surface area contributed by atoms with Gasteiger partial charge in [0.05, 0.1) is 12.0 Å². The summed E-state index contributed by atoms with van der Waals surface area (Å²) in [5.74, 6) is -0.150. The number of hydrogen-bond donors (Lipinski definition) is 1. The highest BCUT2D eigenvalue weighted by molar-refractivity contribution is 6.01. The molecule has 0 atom stereocenters. The van der Waals surface area contributed by atoms with Crippen LogP contribution >= 0.6 is 0 Å². The van der Waals surface area contributed by atoms with Gasteiger partial charge in [-0.2, -0.15) is 5.26 Å². The van der Waals surface area contributed by atoms with Crippen LogP contribution in [0.4, 0.5) is 11.4 Å². The van der Waals surface area contributed by atoms with Gasteiger partial charge in [-0.3, -0.25) is 14.9 Å². The fourth-order valence-corrected chi connectivity index (χ4v) is 3.23. The van der Waals surface area contributed by atoms with Crippen LogP contribution in [0.5, 0.6) is 11.5 Å². The molecule has 2 aromatic rings. The molecule has 0 aliphatic carbocycles. The number of hydrogen-bond acceptors (Lipinski definition) is 7. The number of anilines is 1. The molecule has 1 aliphatic heterocycles. The average molecular weight is 408 g/mol. The SMILES string of the molecule is COc1ccc(/C=C(\C#N)C(=O)N2CCN(c3ccc([N+](=O)[O-])cc3)CC2)cc1O. The van der Waals surface area contributed by atoms with Crippen LogP contribution in [-0.4, -0.2) is 54.1 Å². The quantitative estimate of drug-likeness (QED) is 0.349. The Hall–Kier alpha value is -4.06. The van der Waals surface area contributed by atoms with Crippen LogP contribution in [0.1, 0.15) is 5.56 Å². The Kier molecular flexibility index (Phi) is 6.17. The molecular weight excluding hydrogens is 388 g/mol. The number of amides is 1. The molecule has 154 valence electrons. The van der Waals surface area contributed by atoms with Crippen molar-refractivity contribution in [2.45, 2.75) is 0 Å². The monoisotopic (exact) mass is 408 g/mol. The van der Waals surface area contributed by atoms with Gasteiger partial charge in [-0.05, 0) is 35.9 Å². The number of ether oxygens (including phenoxy) is 1. The molecule has 0 spiro atoms. The van der Waals surface area contributed by atoms with E-state index in [-0.39, 0.29) is 22.9 Å². The number of benzene rings is 2. The number of nitro groups is 1. The van der Waals surface area contributed by atoms with E-state index in [1.54, 1.807) is 29.2 Å². The van der Waals surface area contributed by atoms with Gasteiger partial charge >= 0.3 is 0 Å². The minimum absolute atomic E-state index is 0.0247. The van der Waals surface area contributed by atoms with E-state index < -0.39 is 4.92 Å². The molecule has 30 heavy (non-hydrogen) atoms. The Balaban J connectivity index is 1.66. The van der Waals surface area contributed by atoms with E-state index >= 15 is 0 Å². The summed E-state index contributed by atoms with van der Waals surface area (Å²) in [7, 11) is 1.44. The molecule has 0 aromatic heterocycles. The Morgan fingerprint density at radius 3 is 2.40 bits per heavy atom. The summed E-state index contributed by atoms with van der Waals surface area (Å²) >= 11 is 0. The number of nitro benzene ring substituents is 1. The van der Waals surface area contributed by atoms with Crippen molar-refractivity contribution in [1.82, 2.24) is 4.90 Å². The predicted octanol–water partition coefficient (Wildman–Crippen LogP) is 2.56. The number of carbonyl (C=O) groups excluding carboxylic acids is 1. The third-order valence-corrected chi connectivity index (χ3v) is 4.86. The van der Waals surface area contributed by atoms with Crippen molar-refractivity contribution in [3.05, 3.63) is 63.7 Å². The van der Waals surface area contributed by atoms with Gasteiger partial charge in [0.25, 0.3) is 11.6 Å². The second-order valence-corrected chi connectivity index (χ2v) is 6.65. The highest BCUT2D eigenvalue weighted by atomic mass is 16.6. The maximum Gasteiger partial charge on any atom is 0.269 e. The number of phenols is 1. The third-order valence-electron chi connectivity index (χ3n) is 4.86. The predicted molar refractivity (Wildman–Crippen MR) is 110 cm³/mol. The third kappa shape index (κ3) is 4.50. The van der Waals surface area contributed by atoms with Crippen molar-refractivity contribution in [3.63, 3.8) is 0 Å². The molecular formula is C21H20N4O5. The average Bonchev–Trinajstić information content (AvgIpc) is 2.77. The summed E-state index contributed by atoms with van der Waals surface area (Å²) in [6, 6.07) is 12.8. The molecule has 9 heteroatoms. The Bertz CT molecular complexity index is 1020. The maximum absolute atomic E-state index is 12.8. The molecule has 1 saturated heterocycles. The van der Waals surface area contributed by atoms with Crippen molar-refractivity contribution in [2.75, 3.05) is 38.2 Å². The first-order valence-electron chi connectivity index (χ1n) is 9.20. The highest BCUT2D eigenvalue weighted by Gasteiger charge is 2.24. The lowest BCUT2D eigenvalue weighted by Gasteiger charge is -2.36. The number of non-ortho nitro benzene ring substituents is 1. The largest absolute Gasteiger partial charge is 0.504 e. The number of nitrogens with zero attached hydrogens (tertiary/aromatic N) is 4. The van der Waals surface area contributed by atoms with Gasteiger partial charge in [-0.1, -0.05) is 6.07 Å². The number of piperazine rings is 1. The fraction of sp³-hybridized carbons (Fsp3) is 0.238. The maximum atomic E-state index is 12.8. The Labute approximate surface area is 173 Å². The normalized spacial score (nSPS) is 14.2. The summed E-state index contributed by atoms with van der Waals surface area (Å²) < 4.78 is 4.99. The highest BCUT2D eigenvalue weighted by Crippen LogP contribution is 2.27. The zero-order valence-corrected chi connectivity index (χ0v) is 16.3. The van der Waals surface area contributed by atoms with E-state index in [1.165, 1.54) is 31.4 Å². The number of phenolic OH excluding ortho intramolecular Hbond substituents is 1. The molecule has 0 saturated carbocycles. The van der Waals surface area contributed by atoms with Crippen molar-refractivity contribution in [3.8, 4) is 17.6 Å². The summed E-state index contributed by atoms with van der Waals surface area (Å²) in [6.45, 7) is 1.93. The Morgan fingerprint density at radius 2 is 1.87 bits per heavy atom. The number of aromatic hydroxyl groups is 1. The van der Waals surface area contributed by atoms with E-state index in [0.717, 1.165) is 5.69 Å². The van der Waals surface area contributed by atoms with Crippen LogP contribution in [0.25, 0.3) is 6.08 Å². The molecule has 1 amide bonds. The smallest absolute Gasteiger partial charge is 0.269 e. The van der Waals surface area contributed by atoms with E-state index in [4.69, 9.17) is 4.74 Å². The molecule has 1 N–H and O–H groups in total. The van der Waals surface area contributed by atoms with Gasteiger partial charge in [0, 0.05) is 44.0 Å². The first kappa shape index (κ1) is 20.7. The molecule has 1 fully saturated rings. The Morgan fingerprint density at radius 1 is 1.20 bits per heavy atom. The molecule has 3 rings (SSSR count). The summed E-state index contributed by atoms with van der Waals surface area (Å²) in [5.41, 5.74) is 1.37. The summed E-state index contributed by atoms with van der Waals surface area (Å²) in [4.78, 5) is 26.7. The lowest BCUT2D eigenvalue weighted by Crippen LogP contribution is -2.49. The lowest BCUT2D eigenvalue weighted by molar-refractivity contribution is -0.384. The number of rotatable bonds is 5. The standard InChI is InChI=1S/C21H20N4O5/c1-30-20-7-2-15(13-19(20)26)12-16(14-22)21(27)24-10-8-23(9-11-24)17-3-5-18(6-4-17)25(28)29/h2-7,12-13,26H,8-11H2,1H3/b16-12+. The number of nitriles is 1. The number of methoxy groups -OCH3 is 1. The molecule has 0 unspecified atom stereocenters. The zero-order valence-electron chi connectivity index (χ0n) is 16.3. The van der Waals surface area contributed by atoms with Crippen molar-refractivity contribution in [2.24, 2.45) is 0 Å². The minimum atomic E-state index is -0.446. The van der Waals surface area contributed by atoms with Gasteiger partial charge in [0.1, 0.15) is 11.6 Å². The first-order chi connectivity index (χ1) is 14.4. The summed E-state index contributed by atoms with van der Waals surface area (Å²) in [6.07, 6.45) is 1.43. The van der Waals surface area contributed by atoms with E-state index in [9.17, 15) is 25.3 Å². The minimum Gasteiger partial charge on any atom is -0.504 e. The van der Waals surface area contributed by atoms with E-state index in [1.807, 2.05) is 11.0 Å². The van der Waals surface area contributed by atoms with Gasteiger partial charge in [-0.25, -0.2) is 0 Å². The zero-order chi connectivity index (χ0) is 21.7. The van der Waals surface area contributed by atoms with Crippen LogP contribution in [0, 0.1) is 21.4 Å². The second kappa shape index (κ2) is 8.96. The van der Waals surface area contributed by atoms with Gasteiger partial charge < -0.3 is 19.6 Å². The number of carbonyl (C=O) groups is 1. The first-order valence-corrected chi connectivity index (χ1v) is 9.20. The molecule has 0 radical (unpaired) electrons. The van der Waals surface area contributed by atoms with E-state index in [2.05, 4.69) is 0 Å². The van der Waals surface area contributed by atoms with Crippen molar-refractivity contribution in [1.29, 1.82) is 5.26 Å². The van der Waals surface area contributed by atoms with Crippen LogP contribution < -0.4 is 9.64 Å². The van der Waals surface area contributed by atoms with Crippen molar-refractivity contribution >= 4 is 23.4 Å². The van der Waals surface area contributed by atoms with Crippen LogP contribution in [0.3, 0.4) is 0 Å². The summed E-state index contributed by atoms with van der Waals surface area (Å²) in [5, 5.41) is 30.1. The van der Waals surface area contributed by atoms with Gasteiger partial charge in [0.2, 0.25) is 0 Å². The fourth-order valence-electron chi connectivity index (χ4n) is 3.23. The van der Waals surface area contributed by atoms with E-state index in [0.29, 0.717) is 37.5 Å². The van der Waals surface area contributed by atoms with Crippen LogP contribution in [0.2, 0.25) is 0 Å². The van der Waals surface area contributed by atoms with Gasteiger partial charge in [-0.15, -0.1) is 0 Å². The molecule has 1 heterocycles. The van der Waals surface area contributed by atoms with Crippen LogP contribution in [-0.2, 0) is 4.79 Å². The van der Waals surface area contributed by atoms with Gasteiger partial charge in [0.15, 0.2) is 11.5 Å². The van der Waals surface area contributed by atoms with Crippen LogP contribution in [0.15, 0.2) is 48.0 Å². The molecule has 2 aromatic carbocycles. The lowest BCUT2D eigenvalue weighted by atomic mass is 10.1. The topological polar surface area (TPSA) is 120 Å². The molecule has 1 aliphatic rings.